The van der Waals surface area contributed by atoms with Gasteiger partial charge in [0.15, 0.2) is 0 Å². The lowest BCUT2D eigenvalue weighted by Crippen LogP contribution is -2.19. The molecule has 0 spiro atoms. The summed E-state index contributed by atoms with van der Waals surface area (Å²) in [6.45, 7) is 12.3. The number of rotatable bonds is 6. The predicted molar refractivity (Wildman–Crippen MR) is 95.5 cm³/mol. The highest BCUT2D eigenvalue weighted by molar-refractivity contribution is 5.88. The first kappa shape index (κ1) is 19.9. The summed E-state index contributed by atoms with van der Waals surface area (Å²) < 4.78 is 0. The van der Waals surface area contributed by atoms with Crippen LogP contribution in [0.2, 0.25) is 0 Å². The van der Waals surface area contributed by atoms with Crippen LogP contribution in [0.25, 0.3) is 6.08 Å². The van der Waals surface area contributed by atoms with Gasteiger partial charge in [-0.25, -0.2) is 4.79 Å². The second-order valence-electron chi connectivity index (χ2n) is 4.74. The van der Waals surface area contributed by atoms with E-state index in [4.69, 9.17) is 10.4 Å². The molecule has 23 heavy (non-hydrogen) atoms. The highest BCUT2D eigenvalue weighted by Crippen LogP contribution is 2.29. The van der Waals surface area contributed by atoms with E-state index in [0.717, 1.165) is 0 Å². The average molecular weight is 307 g/mol. The first-order valence-electron chi connectivity index (χ1n) is 6.89. The molecule has 118 valence electrons. The van der Waals surface area contributed by atoms with Crippen molar-refractivity contribution in [3.8, 4) is 6.07 Å². The zero-order valence-electron chi connectivity index (χ0n) is 13.3. The van der Waals surface area contributed by atoms with Gasteiger partial charge in [-0.05, 0) is 12.5 Å². The third-order valence-electron chi connectivity index (χ3n) is 3.03. The fourth-order valence-corrected chi connectivity index (χ4v) is 1.55. The van der Waals surface area contributed by atoms with E-state index in [0.29, 0.717) is 0 Å². The Labute approximate surface area is 137 Å². The second-order valence-corrected chi connectivity index (χ2v) is 4.74. The van der Waals surface area contributed by atoms with Crippen LogP contribution in [0.4, 0.5) is 0 Å². The van der Waals surface area contributed by atoms with Crippen LogP contribution >= 0.6 is 0 Å². The minimum absolute atomic E-state index is 0.00657. The Balaban J connectivity index is 0.000000502. The lowest BCUT2D eigenvalue weighted by Gasteiger charge is -2.21. The Kier molecular flexibility index (Phi) is 9.15. The van der Waals surface area contributed by atoms with Gasteiger partial charge in [-0.15, -0.1) is 0 Å². The number of benzene rings is 1. The minimum atomic E-state index is -1.09. The van der Waals surface area contributed by atoms with Crippen molar-refractivity contribution in [2.45, 2.75) is 6.92 Å². The molecule has 1 unspecified atom stereocenters. The number of nitrogens with zero attached hydrogens (tertiary/aromatic N) is 1. The number of allylic oxidation sites excluding steroid dienone is 5. The molecule has 0 aliphatic heterocycles. The van der Waals surface area contributed by atoms with Gasteiger partial charge in [0.05, 0.1) is 6.07 Å². The van der Waals surface area contributed by atoms with Crippen molar-refractivity contribution >= 4 is 12.0 Å². The smallest absolute Gasteiger partial charge is 0.332 e. The molecule has 1 N–H and O–H groups in total. The Morgan fingerprint density at radius 3 is 2.26 bits per heavy atom. The van der Waals surface area contributed by atoms with E-state index >= 15 is 0 Å². The lowest BCUT2D eigenvalue weighted by molar-refractivity contribution is -0.133. The van der Waals surface area contributed by atoms with Gasteiger partial charge < -0.3 is 5.11 Å². The molecule has 0 aromatic heterocycles. The van der Waals surface area contributed by atoms with Crippen LogP contribution in [-0.2, 0) is 4.79 Å². The largest absolute Gasteiger partial charge is 0.478 e. The molecule has 1 aromatic carbocycles. The van der Waals surface area contributed by atoms with Gasteiger partial charge in [0.1, 0.15) is 0 Å². The molecule has 3 nitrogen and oxygen atoms in total. The zero-order valence-corrected chi connectivity index (χ0v) is 13.3. The third-order valence-corrected chi connectivity index (χ3v) is 3.03. The maximum absolute atomic E-state index is 10.8. The summed E-state index contributed by atoms with van der Waals surface area (Å²) in [5.74, 6) is -1.09. The van der Waals surface area contributed by atoms with Crippen LogP contribution in [0.5, 0.6) is 0 Å². The summed E-state index contributed by atoms with van der Waals surface area (Å²) in [5, 5.41) is 17.3. The van der Waals surface area contributed by atoms with Crippen LogP contribution in [0, 0.1) is 16.7 Å². The molecular formula is C20H21NO2. The molecule has 3 heteroatoms. The maximum atomic E-state index is 10.8. The van der Waals surface area contributed by atoms with E-state index in [2.05, 4.69) is 19.7 Å². The standard InChI is InChI=1S/C12H13NO2.C8H8/c1-4-5-7-12(3,8-6-9-13)10(2)11(14)15;1-2-8-6-4-3-5-7-8/h4-8H,1-2H2,3H3,(H,14,15);2-7H,1H2. The number of hydrogen-bond acceptors (Lipinski definition) is 2. The Bertz CT molecular complexity index is 648. The molecule has 0 fully saturated rings. The number of carbonyl (C=O) groups is 1. The Hall–Kier alpha value is -3.12. The molecular weight excluding hydrogens is 286 g/mol. The SMILES string of the molecule is C=CC=CC(C)(C=CC#N)C(=C)C(=O)O.C=Cc1ccccc1. The van der Waals surface area contributed by atoms with Crippen molar-refractivity contribution in [1.82, 2.24) is 0 Å². The highest BCUT2D eigenvalue weighted by Gasteiger charge is 2.26. The summed E-state index contributed by atoms with van der Waals surface area (Å²) >= 11 is 0. The first-order valence-corrected chi connectivity index (χ1v) is 6.89. The molecule has 0 heterocycles. The van der Waals surface area contributed by atoms with Crippen LogP contribution in [0.1, 0.15) is 12.5 Å². The molecule has 0 bridgehead atoms. The van der Waals surface area contributed by atoms with Crippen LogP contribution in [-0.4, -0.2) is 11.1 Å². The predicted octanol–water partition coefficient (Wildman–Crippen LogP) is 4.79. The lowest BCUT2D eigenvalue weighted by atomic mass is 9.82. The van der Waals surface area contributed by atoms with Gasteiger partial charge in [0.25, 0.3) is 0 Å². The van der Waals surface area contributed by atoms with Crippen molar-refractivity contribution in [3.63, 3.8) is 0 Å². The van der Waals surface area contributed by atoms with Crippen LogP contribution < -0.4 is 0 Å². The van der Waals surface area contributed by atoms with Gasteiger partial charge in [-0.2, -0.15) is 5.26 Å². The summed E-state index contributed by atoms with van der Waals surface area (Å²) in [4.78, 5) is 10.8. The van der Waals surface area contributed by atoms with Gasteiger partial charge in [0, 0.05) is 17.1 Å². The Morgan fingerprint density at radius 1 is 1.26 bits per heavy atom. The molecule has 0 saturated carbocycles. The fourth-order valence-electron chi connectivity index (χ4n) is 1.55. The van der Waals surface area contributed by atoms with E-state index < -0.39 is 11.4 Å². The molecule has 1 aromatic rings. The summed E-state index contributed by atoms with van der Waals surface area (Å²) in [5.41, 5.74) is 0.315. The average Bonchev–Trinajstić information content (AvgIpc) is 2.58. The quantitative estimate of drug-likeness (QED) is 0.467. The van der Waals surface area contributed by atoms with Gasteiger partial charge in [-0.1, -0.05) is 80.4 Å². The monoisotopic (exact) mass is 307 g/mol. The van der Waals surface area contributed by atoms with Crippen molar-refractivity contribution in [2.75, 3.05) is 0 Å². The molecule has 0 radical (unpaired) electrons. The van der Waals surface area contributed by atoms with Gasteiger partial charge >= 0.3 is 5.97 Å². The number of aliphatic carboxylic acids is 1. The van der Waals surface area contributed by atoms with E-state index in [-0.39, 0.29) is 5.57 Å². The summed E-state index contributed by atoms with van der Waals surface area (Å²) in [7, 11) is 0. The molecule has 0 aliphatic carbocycles. The van der Waals surface area contributed by atoms with Gasteiger partial charge in [0.2, 0.25) is 0 Å². The van der Waals surface area contributed by atoms with E-state index in [1.54, 1.807) is 19.1 Å². The Morgan fingerprint density at radius 2 is 1.87 bits per heavy atom. The molecule has 0 saturated heterocycles. The highest BCUT2D eigenvalue weighted by atomic mass is 16.4. The van der Waals surface area contributed by atoms with Crippen LogP contribution in [0.15, 0.2) is 86.0 Å². The van der Waals surface area contributed by atoms with E-state index in [1.165, 1.54) is 23.8 Å². The molecule has 1 rings (SSSR count). The van der Waals surface area contributed by atoms with Gasteiger partial charge in [-0.3, -0.25) is 0 Å². The summed E-state index contributed by atoms with van der Waals surface area (Å²) in [6, 6.07) is 11.8. The van der Waals surface area contributed by atoms with E-state index in [1.807, 2.05) is 42.5 Å². The van der Waals surface area contributed by atoms with E-state index in [9.17, 15) is 4.79 Å². The fraction of sp³-hybridized carbons (Fsp3) is 0.100. The molecule has 1 atom stereocenters. The van der Waals surface area contributed by atoms with Crippen molar-refractivity contribution in [1.29, 1.82) is 5.26 Å². The topological polar surface area (TPSA) is 61.1 Å². The summed E-state index contributed by atoms with van der Waals surface area (Å²) in [6.07, 6.45) is 9.35. The van der Waals surface area contributed by atoms with Crippen molar-refractivity contribution in [3.05, 3.63) is 91.6 Å². The number of nitriles is 1. The zero-order chi connectivity index (χ0) is 17.7. The van der Waals surface area contributed by atoms with Crippen molar-refractivity contribution < 1.29 is 9.90 Å². The van der Waals surface area contributed by atoms with Crippen LogP contribution in [0.3, 0.4) is 0 Å². The number of carboxylic acids is 1. The third kappa shape index (κ3) is 7.45. The maximum Gasteiger partial charge on any atom is 0.332 e. The molecule has 0 aliphatic rings. The number of carboxylic acid groups (broad SMARTS) is 1. The van der Waals surface area contributed by atoms with Crippen molar-refractivity contribution in [2.24, 2.45) is 5.41 Å². The second kappa shape index (κ2) is 10.6. The first-order chi connectivity index (χ1) is 10.9. The normalized spacial score (nSPS) is 12.5. The number of hydrogen-bond donors (Lipinski definition) is 1. The minimum Gasteiger partial charge on any atom is -0.478 e. The molecule has 0 amide bonds.